The second kappa shape index (κ2) is 9.91. The van der Waals surface area contributed by atoms with E-state index in [-0.39, 0.29) is 24.3 Å². The maximum absolute atomic E-state index is 12.1. The third-order valence-electron chi connectivity index (χ3n) is 3.83. The summed E-state index contributed by atoms with van der Waals surface area (Å²) in [7, 11) is 0. The number of nitrogens with zero attached hydrogens (tertiary/aromatic N) is 1. The first-order valence-corrected chi connectivity index (χ1v) is 9.57. The molecule has 7 heteroatoms. The van der Waals surface area contributed by atoms with Gasteiger partial charge in [-0.25, -0.2) is 4.98 Å². The molecule has 0 spiro atoms. The van der Waals surface area contributed by atoms with Gasteiger partial charge in [0.1, 0.15) is 12.4 Å². The van der Waals surface area contributed by atoms with Gasteiger partial charge in [0.05, 0.1) is 10.7 Å². The molecular weight excluding hydrogens is 350 g/mol. The molecule has 1 aromatic carbocycles. The van der Waals surface area contributed by atoms with Crippen molar-refractivity contribution in [3.05, 3.63) is 45.9 Å². The number of ether oxygens (including phenoxy) is 1. The van der Waals surface area contributed by atoms with Crippen molar-refractivity contribution in [2.75, 3.05) is 6.54 Å². The summed E-state index contributed by atoms with van der Waals surface area (Å²) in [4.78, 5) is 28.1. The monoisotopic (exact) mass is 375 g/mol. The van der Waals surface area contributed by atoms with Crippen LogP contribution in [0.1, 0.15) is 47.7 Å². The molecule has 2 aromatic rings. The fraction of sp³-hybridized carbons (Fsp3) is 0.421. The van der Waals surface area contributed by atoms with Crippen molar-refractivity contribution < 1.29 is 14.3 Å². The normalized spacial score (nSPS) is 11.7. The van der Waals surface area contributed by atoms with E-state index >= 15 is 0 Å². The van der Waals surface area contributed by atoms with Crippen molar-refractivity contribution in [3.63, 3.8) is 0 Å². The highest BCUT2D eigenvalue weighted by molar-refractivity contribution is 7.09. The fourth-order valence-corrected chi connectivity index (χ4v) is 2.77. The number of carbonyl (C=O) groups excluding carboxylic acids is 2. The first kappa shape index (κ1) is 19.9. The van der Waals surface area contributed by atoms with E-state index in [1.807, 2.05) is 26.2 Å². The van der Waals surface area contributed by atoms with Crippen LogP contribution < -0.4 is 15.4 Å². The maximum Gasteiger partial charge on any atom is 0.251 e. The zero-order valence-electron chi connectivity index (χ0n) is 15.4. The second-order valence-electron chi connectivity index (χ2n) is 6.05. The Hall–Kier alpha value is -2.41. The van der Waals surface area contributed by atoms with Crippen molar-refractivity contribution in [2.24, 2.45) is 0 Å². The summed E-state index contributed by atoms with van der Waals surface area (Å²) in [5, 5.41) is 8.60. The molecule has 0 aliphatic rings. The van der Waals surface area contributed by atoms with Crippen LogP contribution in [0.5, 0.6) is 5.75 Å². The molecule has 0 bridgehead atoms. The summed E-state index contributed by atoms with van der Waals surface area (Å²) in [6.07, 6.45) is 1.15. The third-order valence-corrected chi connectivity index (χ3v) is 4.65. The zero-order valence-corrected chi connectivity index (χ0v) is 16.2. The van der Waals surface area contributed by atoms with Gasteiger partial charge >= 0.3 is 0 Å². The molecule has 1 atom stereocenters. The van der Waals surface area contributed by atoms with E-state index in [1.54, 1.807) is 35.6 Å². The number of aromatic nitrogens is 1. The molecule has 6 nitrogen and oxygen atoms in total. The van der Waals surface area contributed by atoms with Gasteiger partial charge in [0.25, 0.3) is 5.91 Å². The molecule has 140 valence electrons. The Morgan fingerprint density at radius 3 is 2.62 bits per heavy atom. The van der Waals surface area contributed by atoms with E-state index in [2.05, 4.69) is 15.6 Å². The lowest BCUT2D eigenvalue weighted by Gasteiger charge is -2.11. The SMILES string of the molecule is CCC(C)NC(=O)CCNC(=O)c1ccc(OCc2csc(C)n2)cc1. The predicted molar refractivity (Wildman–Crippen MR) is 102 cm³/mol. The van der Waals surface area contributed by atoms with Gasteiger partial charge in [-0.1, -0.05) is 6.92 Å². The average Bonchev–Trinajstić information content (AvgIpc) is 3.05. The largest absolute Gasteiger partial charge is 0.487 e. The number of hydrogen-bond donors (Lipinski definition) is 2. The Morgan fingerprint density at radius 2 is 2.00 bits per heavy atom. The van der Waals surface area contributed by atoms with Gasteiger partial charge < -0.3 is 15.4 Å². The highest BCUT2D eigenvalue weighted by Crippen LogP contribution is 2.15. The van der Waals surface area contributed by atoms with Crippen LogP contribution >= 0.6 is 11.3 Å². The van der Waals surface area contributed by atoms with Crippen LogP contribution in [0.3, 0.4) is 0 Å². The van der Waals surface area contributed by atoms with E-state index in [1.165, 1.54) is 0 Å². The molecule has 0 aliphatic carbocycles. The van der Waals surface area contributed by atoms with Crippen molar-refractivity contribution >= 4 is 23.2 Å². The molecule has 1 unspecified atom stereocenters. The van der Waals surface area contributed by atoms with Gasteiger partial charge in [-0.3, -0.25) is 9.59 Å². The number of carbonyl (C=O) groups is 2. The van der Waals surface area contributed by atoms with Gasteiger partial charge in [0.15, 0.2) is 0 Å². The van der Waals surface area contributed by atoms with Gasteiger partial charge in [-0.05, 0) is 44.5 Å². The maximum atomic E-state index is 12.1. The van der Waals surface area contributed by atoms with Crippen LogP contribution in [-0.4, -0.2) is 29.4 Å². The molecule has 26 heavy (non-hydrogen) atoms. The minimum absolute atomic E-state index is 0.0549. The Labute approximate surface area is 158 Å². The van der Waals surface area contributed by atoms with Gasteiger partial charge in [-0.15, -0.1) is 11.3 Å². The predicted octanol–water partition coefficient (Wildman–Crippen LogP) is 3.07. The number of rotatable bonds is 9. The molecule has 0 radical (unpaired) electrons. The van der Waals surface area contributed by atoms with Crippen LogP contribution in [0.15, 0.2) is 29.6 Å². The molecule has 2 rings (SSSR count). The van der Waals surface area contributed by atoms with E-state index in [0.717, 1.165) is 17.1 Å². The fourth-order valence-electron chi connectivity index (χ4n) is 2.18. The molecule has 1 aromatic heterocycles. The lowest BCUT2D eigenvalue weighted by atomic mass is 10.2. The van der Waals surface area contributed by atoms with Gasteiger partial charge in [0, 0.05) is 30.0 Å². The standard InChI is InChI=1S/C19H25N3O3S/c1-4-13(2)21-18(23)9-10-20-19(24)15-5-7-17(8-6-15)25-11-16-12-26-14(3)22-16/h5-8,12-13H,4,9-11H2,1-3H3,(H,20,24)(H,21,23). The summed E-state index contributed by atoms with van der Waals surface area (Å²) >= 11 is 1.59. The van der Waals surface area contributed by atoms with Crippen molar-refractivity contribution in [3.8, 4) is 5.75 Å². The highest BCUT2D eigenvalue weighted by atomic mass is 32.1. The molecule has 1 heterocycles. The van der Waals surface area contributed by atoms with Crippen molar-refractivity contribution in [1.29, 1.82) is 0 Å². The summed E-state index contributed by atoms with van der Waals surface area (Å²) in [6, 6.07) is 7.07. The second-order valence-corrected chi connectivity index (χ2v) is 7.12. The lowest BCUT2D eigenvalue weighted by Crippen LogP contribution is -2.35. The molecular formula is C19H25N3O3S. The number of aryl methyl sites for hydroxylation is 1. The zero-order chi connectivity index (χ0) is 18.9. The highest BCUT2D eigenvalue weighted by Gasteiger charge is 2.09. The molecule has 2 N–H and O–H groups in total. The minimum atomic E-state index is -0.206. The van der Waals surface area contributed by atoms with E-state index < -0.39 is 0 Å². The van der Waals surface area contributed by atoms with E-state index in [4.69, 9.17) is 4.74 Å². The minimum Gasteiger partial charge on any atom is -0.487 e. The molecule has 0 saturated carbocycles. The average molecular weight is 375 g/mol. The number of amides is 2. The van der Waals surface area contributed by atoms with Crippen molar-refractivity contribution in [1.82, 2.24) is 15.6 Å². The third kappa shape index (κ3) is 6.48. The first-order valence-electron chi connectivity index (χ1n) is 8.69. The summed E-state index contributed by atoms with van der Waals surface area (Å²) < 4.78 is 5.66. The first-order chi connectivity index (χ1) is 12.5. The summed E-state index contributed by atoms with van der Waals surface area (Å²) in [6.45, 7) is 6.63. The molecule has 0 fully saturated rings. The number of hydrogen-bond acceptors (Lipinski definition) is 5. The molecule has 0 aliphatic heterocycles. The van der Waals surface area contributed by atoms with Crippen LogP contribution in [0.2, 0.25) is 0 Å². The Bertz CT molecular complexity index is 728. The van der Waals surface area contributed by atoms with Gasteiger partial charge in [-0.2, -0.15) is 0 Å². The van der Waals surface area contributed by atoms with E-state index in [0.29, 0.717) is 24.5 Å². The Balaban J connectivity index is 1.74. The quantitative estimate of drug-likeness (QED) is 0.706. The summed E-state index contributed by atoms with van der Waals surface area (Å²) in [5.41, 5.74) is 1.43. The number of nitrogens with one attached hydrogen (secondary N) is 2. The number of thiazole rings is 1. The molecule has 0 saturated heterocycles. The van der Waals surface area contributed by atoms with E-state index in [9.17, 15) is 9.59 Å². The van der Waals surface area contributed by atoms with Gasteiger partial charge in [0.2, 0.25) is 5.91 Å². The van der Waals surface area contributed by atoms with Crippen LogP contribution in [0, 0.1) is 6.92 Å². The van der Waals surface area contributed by atoms with Crippen LogP contribution in [-0.2, 0) is 11.4 Å². The lowest BCUT2D eigenvalue weighted by molar-refractivity contribution is -0.121. The smallest absolute Gasteiger partial charge is 0.251 e. The Morgan fingerprint density at radius 1 is 1.27 bits per heavy atom. The van der Waals surface area contributed by atoms with Crippen LogP contribution in [0.4, 0.5) is 0 Å². The topological polar surface area (TPSA) is 80.3 Å². The van der Waals surface area contributed by atoms with Crippen molar-refractivity contribution in [2.45, 2.75) is 46.3 Å². The van der Waals surface area contributed by atoms with Crippen LogP contribution in [0.25, 0.3) is 0 Å². The summed E-state index contributed by atoms with van der Waals surface area (Å²) in [5.74, 6) is 0.420. The molecule has 2 amide bonds. The number of benzene rings is 1. The Kier molecular flexibility index (Phi) is 7.59.